The Morgan fingerprint density at radius 3 is 2.21 bits per heavy atom. The van der Waals surface area contributed by atoms with Crippen LogP contribution in [0.4, 0.5) is 0 Å². The van der Waals surface area contributed by atoms with Gasteiger partial charge in [-0.15, -0.1) is 0 Å². The number of ether oxygens (including phenoxy) is 1. The first-order valence-corrected chi connectivity index (χ1v) is 4.59. The SMILES string of the molecule is CC(C)ONC(=O)C(C=N)OC(C)C. The molecule has 0 aromatic heterocycles. The first-order valence-electron chi connectivity index (χ1n) is 4.59. The van der Waals surface area contributed by atoms with Crippen molar-refractivity contribution >= 4 is 12.1 Å². The number of nitrogens with one attached hydrogen (secondary N) is 2. The maximum absolute atomic E-state index is 11.3. The average Bonchev–Trinajstić information content (AvgIpc) is 2.09. The third-order valence-corrected chi connectivity index (χ3v) is 1.22. The molecule has 0 radical (unpaired) electrons. The maximum atomic E-state index is 11.3. The van der Waals surface area contributed by atoms with Crippen LogP contribution in [0.25, 0.3) is 0 Å². The number of carbonyl (C=O) groups excluding carboxylic acids is 1. The molecule has 1 amide bonds. The first-order chi connectivity index (χ1) is 6.47. The highest BCUT2D eigenvalue weighted by Crippen LogP contribution is 1.96. The van der Waals surface area contributed by atoms with E-state index in [9.17, 15) is 4.79 Å². The van der Waals surface area contributed by atoms with E-state index in [1.807, 2.05) is 0 Å². The van der Waals surface area contributed by atoms with Crippen LogP contribution < -0.4 is 5.48 Å². The zero-order chi connectivity index (χ0) is 11.1. The third kappa shape index (κ3) is 5.66. The second-order valence-corrected chi connectivity index (χ2v) is 3.41. The van der Waals surface area contributed by atoms with E-state index in [2.05, 4.69) is 5.48 Å². The van der Waals surface area contributed by atoms with Crippen LogP contribution in [0.2, 0.25) is 0 Å². The van der Waals surface area contributed by atoms with E-state index < -0.39 is 12.0 Å². The van der Waals surface area contributed by atoms with Gasteiger partial charge < -0.3 is 10.1 Å². The minimum Gasteiger partial charge on any atom is -0.360 e. The summed E-state index contributed by atoms with van der Waals surface area (Å²) in [5, 5.41) is 7.00. The summed E-state index contributed by atoms with van der Waals surface area (Å²) in [6.45, 7) is 7.19. The molecule has 5 nitrogen and oxygen atoms in total. The Balaban J connectivity index is 3.98. The van der Waals surface area contributed by atoms with Crippen LogP contribution in [0.3, 0.4) is 0 Å². The smallest absolute Gasteiger partial charge is 0.278 e. The summed E-state index contributed by atoms with van der Waals surface area (Å²) in [6.07, 6.45) is -0.136. The first kappa shape index (κ1) is 13.1. The molecular formula is C9H18N2O3. The van der Waals surface area contributed by atoms with Gasteiger partial charge in [-0.05, 0) is 27.7 Å². The monoisotopic (exact) mass is 202 g/mol. The quantitative estimate of drug-likeness (QED) is 0.496. The molecule has 2 N–H and O–H groups in total. The Hall–Kier alpha value is -0.940. The summed E-state index contributed by atoms with van der Waals surface area (Å²) >= 11 is 0. The molecule has 1 atom stereocenters. The van der Waals surface area contributed by atoms with Crippen LogP contribution in [0.15, 0.2) is 0 Å². The van der Waals surface area contributed by atoms with Crippen LogP contribution >= 0.6 is 0 Å². The highest BCUT2D eigenvalue weighted by atomic mass is 16.7. The van der Waals surface area contributed by atoms with Gasteiger partial charge in [-0.1, -0.05) is 0 Å². The zero-order valence-electron chi connectivity index (χ0n) is 9.03. The average molecular weight is 202 g/mol. The van der Waals surface area contributed by atoms with Gasteiger partial charge in [0.25, 0.3) is 5.91 Å². The van der Waals surface area contributed by atoms with E-state index in [0.717, 1.165) is 6.21 Å². The van der Waals surface area contributed by atoms with Crippen LogP contribution in [-0.2, 0) is 14.4 Å². The molecule has 1 unspecified atom stereocenters. The molecule has 0 spiro atoms. The second-order valence-electron chi connectivity index (χ2n) is 3.41. The van der Waals surface area contributed by atoms with Crippen molar-refractivity contribution in [3.8, 4) is 0 Å². The van der Waals surface area contributed by atoms with Gasteiger partial charge in [-0.2, -0.15) is 0 Å². The predicted molar refractivity (Wildman–Crippen MR) is 53.2 cm³/mol. The lowest BCUT2D eigenvalue weighted by atomic mass is 10.3. The normalized spacial score (nSPS) is 13.0. The van der Waals surface area contributed by atoms with Crippen molar-refractivity contribution in [3.05, 3.63) is 0 Å². The summed E-state index contributed by atoms with van der Waals surface area (Å²) in [5.41, 5.74) is 2.22. The minimum absolute atomic E-state index is 0.0932. The van der Waals surface area contributed by atoms with Crippen molar-refractivity contribution in [2.45, 2.75) is 46.0 Å². The lowest BCUT2D eigenvalue weighted by Crippen LogP contribution is -2.39. The van der Waals surface area contributed by atoms with E-state index in [1.165, 1.54) is 0 Å². The standard InChI is InChI=1S/C9H18N2O3/c1-6(2)13-8(5-10)9(12)11-14-7(3)4/h5-8,10H,1-4H3,(H,11,12). The van der Waals surface area contributed by atoms with E-state index in [4.69, 9.17) is 15.0 Å². The Labute approximate surface area is 84.2 Å². The second kappa shape index (κ2) is 6.50. The summed E-state index contributed by atoms with van der Waals surface area (Å²) in [5.74, 6) is -0.456. The van der Waals surface area contributed by atoms with Crippen LogP contribution in [0.1, 0.15) is 27.7 Å². The number of amides is 1. The van der Waals surface area contributed by atoms with E-state index >= 15 is 0 Å². The fourth-order valence-corrected chi connectivity index (χ4v) is 0.704. The van der Waals surface area contributed by atoms with Gasteiger partial charge in [0.1, 0.15) is 0 Å². The fraction of sp³-hybridized carbons (Fsp3) is 0.778. The number of hydrogen-bond acceptors (Lipinski definition) is 4. The largest absolute Gasteiger partial charge is 0.360 e. The van der Waals surface area contributed by atoms with Crippen LogP contribution in [-0.4, -0.2) is 30.4 Å². The Morgan fingerprint density at radius 1 is 1.29 bits per heavy atom. The van der Waals surface area contributed by atoms with Gasteiger partial charge in [0.2, 0.25) is 0 Å². The summed E-state index contributed by atoms with van der Waals surface area (Å²) in [6, 6.07) is 0. The molecule has 0 saturated carbocycles. The molecule has 0 bridgehead atoms. The lowest BCUT2D eigenvalue weighted by molar-refractivity contribution is -0.146. The number of hydroxylamine groups is 1. The van der Waals surface area contributed by atoms with E-state index in [0.29, 0.717) is 0 Å². The van der Waals surface area contributed by atoms with E-state index in [1.54, 1.807) is 27.7 Å². The molecule has 0 heterocycles. The molecule has 0 rings (SSSR count). The van der Waals surface area contributed by atoms with Gasteiger partial charge >= 0.3 is 0 Å². The molecule has 0 aliphatic carbocycles. The molecule has 14 heavy (non-hydrogen) atoms. The molecule has 82 valence electrons. The lowest BCUT2D eigenvalue weighted by Gasteiger charge is -2.16. The molecule has 0 aliphatic rings. The highest BCUT2D eigenvalue weighted by Gasteiger charge is 2.18. The number of rotatable bonds is 6. The molecule has 0 fully saturated rings. The molecule has 0 aromatic carbocycles. The van der Waals surface area contributed by atoms with Crippen molar-refractivity contribution in [2.24, 2.45) is 0 Å². The van der Waals surface area contributed by atoms with Crippen molar-refractivity contribution in [1.29, 1.82) is 5.41 Å². The molecule has 5 heteroatoms. The molecule has 0 aromatic rings. The Kier molecular flexibility index (Phi) is 6.07. The van der Waals surface area contributed by atoms with Gasteiger partial charge in [-0.25, -0.2) is 5.48 Å². The van der Waals surface area contributed by atoms with Crippen LogP contribution in [0.5, 0.6) is 0 Å². The fourth-order valence-electron chi connectivity index (χ4n) is 0.704. The molecule has 0 aliphatic heterocycles. The maximum Gasteiger partial charge on any atom is 0.278 e. The highest BCUT2D eigenvalue weighted by molar-refractivity contribution is 5.94. The van der Waals surface area contributed by atoms with Crippen LogP contribution in [0, 0.1) is 5.41 Å². The van der Waals surface area contributed by atoms with Gasteiger partial charge in [-0.3, -0.25) is 9.63 Å². The summed E-state index contributed by atoms with van der Waals surface area (Å²) in [4.78, 5) is 16.2. The number of carbonyl (C=O) groups is 1. The van der Waals surface area contributed by atoms with Crippen molar-refractivity contribution < 1.29 is 14.4 Å². The predicted octanol–water partition coefficient (Wildman–Crippen LogP) is 0.886. The molecule has 0 saturated heterocycles. The Bertz CT molecular complexity index is 192. The minimum atomic E-state index is -0.881. The van der Waals surface area contributed by atoms with Gasteiger partial charge in [0, 0.05) is 6.21 Å². The summed E-state index contributed by atoms with van der Waals surface area (Å²) < 4.78 is 5.16. The zero-order valence-corrected chi connectivity index (χ0v) is 9.03. The topological polar surface area (TPSA) is 71.4 Å². The summed E-state index contributed by atoms with van der Waals surface area (Å²) in [7, 11) is 0. The van der Waals surface area contributed by atoms with Crippen molar-refractivity contribution in [3.63, 3.8) is 0 Å². The Morgan fingerprint density at radius 2 is 1.86 bits per heavy atom. The van der Waals surface area contributed by atoms with E-state index in [-0.39, 0.29) is 12.2 Å². The van der Waals surface area contributed by atoms with Crippen molar-refractivity contribution in [2.75, 3.05) is 0 Å². The van der Waals surface area contributed by atoms with Gasteiger partial charge in [0.05, 0.1) is 12.2 Å². The molecular weight excluding hydrogens is 184 g/mol. The number of hydrogen-bond donors (Lipinski definition) is 2. The van der Waals surface area contributed by atoms with Crippen molar-refractivity contribution in [1.82, 2.24) is 5.48 Å². The van der Waals surface area contributed by atoms with Gasteiger partial charge in [0.15, 0.2) is 6.10 Å². The third-order valence-electron chi connectivity index (χ3n) is 1.22.